The number of nitrogens with zero attached hydrogens (tertiary/aromatic N) is 2. The van der Waals surface area contributed by atoms with Gasteiger partial charge < -0.3 is 10.1 Å². The van der Waals surface area contributed by atoms with Crippen LogP contribution in [-0.4, -0.2) is 28.8 Å². The number of nitrogens with one attached hydrogen (secondary N) is 1. The SMILES string of the molecule is COc1cccc(-c2ccc(=O)n(CC(=O)NC(C)CCCC(C)C)n2)c1. The fourth-order valence-corrected chi connectivity index (χ4v) is 2.86. The van der Waals surface area contributed by atoms with Crippen molar-refractivity contribution in [3.8, 4) is 17.0 Å². The highest BCUT2D eigenvalue weighted by Crippen LogP contribution is 2.21. The summed E-state index contributed by atoms with van der Waals surface area (Å²) in [4.78, 5) is 24.4. The number of hydrogen-bond donors (Lipinski definition) is 1. The Labute approximate surface area is 160 Å². The van der Waals surface area contributed by atoms with Gasteiger partial charge in [0.1, 0.15) is 12.3 Å². The van der Waals surface area contributed by atoms with Gasteiger partial charge in [-0.3, -0.25) is 9.59 Å². The lowest BCUT2D eigenvalue weighted by Gasteiger charge is -2.15. The Morgan fingerprint density at radius 1 is 1.19 bits per heavy atom. The molecule has 1 unspecified atom stereocenters. The number of aromatic nitrogens is 2. The van der Waals surface area contributed by atoms with Crippen molar-refractivity contribution in [2.75, 3.05) is 7.11 Å². The molecule has 1 aromatic carbocycles. The molecule has 0 saturated carbocycles. The van der Waals surface area contributed by atoms with Gasteiger partial charge >= 0.3 is 0 Å². The van der Waals surface area contributed by atoms with Crippen LogP contribution in [0.5, 0.6) is 5.75 Å². The summed E-state index contributed by atoms with van der Waals surface area (Å²) < 4.78 is 6.42. The first kappa shape index (κ1) is 20.7. The van der Waals surface area contributed by atoms with Crippen LogP contribution < -0.4 is 15.6 Å². The van der Waals surface area contributed by atoms with Gasteiger partial charge in [0.25, 0.3) is 5.56 Å². The van der Waals surface area contributed by atoms with Gasteiger partial charge in [0, 0.05) is 17.7 Å². The van der Waals surface area contributed by atoms with Crippen LogP contribution in [0.4, 0.5) is 0 Å². The van der Waals surface area contributed by atoms with Crippen molar-refractivity contribution in [1.29, 1.82) is 0 Å². The standard InChI is InChI=1S/C21H29N3O3/c1-15(2)7-5-8-16(3)22-20(25)14-24-21(26)12-11-19(23-24)17-9-6-10-18(13-17)27-4/h6,9-13,15-16H,5,7-8,14H2,1-4H3,(H,22,25). The third-order valence-electron chi connectivity index (χ3n) is 4.35. The molecular weight excluding hydrogens is 342 g/mol. The molecule has 2 rings (SSSR count). The van der Waals surface area contributed by atoms with Crippen molar-refractivity contribution >= 4 is 5.91 Å². The molecule has 0 aliphatic heterocycles. The third-order valence-corrected chi connectivity index (χ3v) is 4.35. The topological polar surface area (TPSA) is 73.2 Å². The molecule has 1 atom stereocenters. The molecule has 146 valence electrons. The number of rotatable bonds is 9. The number of amides is 1. The third kappa shape index (κ3) is 6.55. The molecule has 6 heteroatoms. The van der Waals surface area contributed by atoms with Crippen molar-refractivity contribution in [2.24, 2.45) is 5.92 Å². The van der Waals surface area contributed by atoms with E-state index in [1.807, 2.05) is 31.2 Å². The highest BCUT2D eigenvalue weighted by Gasteiger charge is 2.11. The molecule has 0 saturated heterocycles. The summed E-state index contributed by atoms with van der Waals surface area (Å²) in [7, 11) is 1.60. The fraction of sp³-hybridized carbons (Fsp3) is 0.476. The lowest BCUT2D eigenvalue weighted by molar-refractivity contribution is -0.122. The van der Waals surface area contributed by atoms with E-state index in [4.69, 9.17) is 4.74 Å². The van der Waals surface area contributed by atoms with Crippen LogP contribution in [-0.2, 0) is 11.3 Å². The van der Waals surface area contributed by atoms with E-state index in [0.717, 1.165) is 24.8 Å². The second-order valence-electron chi connectivity index (χ2n) is 7.24. The molecule has 0 radical (unpaired) electrons. The van der Waals surface area contributed by atoms with Gasteiger partial charge in [0.15, 0.2) is 0 Å². The summed E-state index contributed by atoms with van der Waals surface area (Å²) in [6.07, 6.45) is 3.14. The van der Waals surface area contributed by atoms with Crippen LogP contribution >= 0.6 is 0 Å². The monoisotopic (exact) mass is 371 g/mol. The Morgan fingerprint density at radius 3 is 2.67 bits per heavy atom. The summed E-state index contributed by atoms with van der Waals surface area (Å²) in [5.74, 6) is 1.17. The maximum Gasteiger partial charge on any atom is 0.267 e. The first-order chi connectivity index (χ1) is 12.9. The molecule has 1 amide bonds. The average Bonchev–Trinajstić information content (AvgIpc) is 2.63. The summed E-state index contributed by atoms with van der Waals surface area (Å²) in [5.41, 5.74) is 1.14. The zero-order chi connectivity index (χ0) is 19.8. The molecule has 1 aromatic heterocycles. The maximum absolute atomic E-state index is 12.3. The van der Waals surface area contributed by atoms with E-state index in [0.29, 0.717) is 17.4 Å². The molecular formula is C21H29N3O3. The minimum Gasteiger partial charge on any atom is -0.497 e. The number of hydrogen-bond acceptors (Lipinski definition) is 4. The highest BCUT2D eigenvalue weighted by atomic mass is 16.5. The van der Waals surface area contributed by atoms with Crippen molar-refractivity contribution in [3.05, 3.63) is 46.8 Å². The van der Waals surface area contributed by atoms with E-state index in [1.54, 1.807) is 13.2 Å². The molecule has 0 aliphatic rings. The second kappa shape index (κ2) is 9.90. The molecule has 0 spiro atoms. The van der Waals surface area contributed by atoms with Gasteiger partial charge in [0.05, 0.1) is 12.8 Å². The van der Waals surface area contributed by atoms with Crippen LogP contribution in [0, 0.1) is 5.92 Å². The lowest BCUT2D eigenvalue weighted by Crippen LogP contribution is -2.38. The van der Waals surface area contributed by atoms with Crippen molar-refractivity contribution in [1.82, 2.24) is 15.1 Å². The predicted molar refractivity (Wildman–Crippen MR) is 107 cm³/mol. The Morgan fingerprint density at radius 2 is 1.96 bits per heavy atom. The van der Waals surface area contributed by atoms with Gasteiger partial charge in [-0.1, -0.05) is 38.8 Å². The zero-order valence-corrected chi connectivity index (χ0v) is 16.6. The number of carbonyl (C=O) groups excluding carboxylic acids is 1. The zero-order valence-electron chi connectivity index (χ0n) is 16.6. The Hall–Kier alpha value is -2.63. The van der Waals surface area contributed by atoms with Crippen molar-refractivity contribution < 1.29 is 9.53 Å². The van der Waals surface area contributed by atoms with Crippen molar-refractivity contribution in [2.45, 2.75) is 52.6 Å². The van der Waals surface area contributed by atoms with Gasteiger partial charge in [-0.15, -0.1) is 0 Å². The highest BCUT2D eigenvalue weighted by molar-refractivity contribution is 5.76. The van der Waals surface area contributed by atoms with Crippen molar-refractivity contribution in [3.63, 3.8) is 0 Å². The van der Waals surface area contributed by atoms with Gasteiger partial charge in [-0.05, 0) is 37.5 Å². The predicted octanol–water partition coefficient (Wildman–Crippen LogP) is 3.25. The van der Waals surface area contributed by atoms with E-state index in [2.05, 4.69) is 24.3 Å². The number of ether oxygens (including phenoxy) is 1. The first-order valence-electron chi connectivity index (χ1n) is 9.41. The number of benzene rings is 1. The molecule has 2 aromatic rings. The minimum atomic E-state index is -0.302. The molecule has 6 nitrogen and oxygen atoms in total. The molecule has 0 bridgehead atoms. The van der Waals surface area contributed by atoms with Gasteiger partial charge in [0.2, 0.25) is 5.91 Å². The lowest BCUT2D eigenvalue weighted by atomic mass is 10.0. The summed E-state index contributed by atoms with van der Waals surface area (Å²) in [6.45, 7) is 6.28. The smallest absolute Gasteiger partial charge is 0.267 e. The quantitative estimate of drug-likeness (QED) is 0.734. The molecule has 27 heavy (non-hydrogen) atoms. The van der Waals surface area contributed by atoms with E-state index < -0.39 is 0 Å². The van der Waals surface area contributed by atoms with Crippen LogP contribution in [0.25, 0.3) is 11.3 Å². The normalized spacial score (nSPS) is 12.0. The fourth-order valence-electron chi connectivity index (χ4n) is 2.86. The van der Waals surface area contributed by atoms with Gasteiger partial charge in [-0.25, -0.2) is 4.68 Å². The largest absolute Gasteiger partial charge is 0.497 e. The van der Waals surface area contributed by atoms with E-state index in [-0.39, 0.29) is 24.1 Å². The summed E-state index contributed by atoms with van der Waals surface area (Å²) >= 11 is 0. The van der Waals surface area contributed by atoms with Crippen LogP contribution in [0.1, 0.15) is 40.0 Å². The Balaban J connectivity index is 2.03. The first-order valence-corrected chi connectivity index (χ1v) is 9.41. The van der Waals surface area contributed by atoms with Crippen LogP contribution in [0.15, 0.2) is 41.2 Å². The molecule has 0 fully saturated rings. The second-order valence-corrected chi connectivity index (χ2v) is 7.24. The average molecular weight is 371 g/mol. The number of carbonyl (C=O) groups is 1. The molecule has 1 N–H and O–H groups in total. The van der Waals surface area contributed by atoms with E-state index >= 15 is 0 Å². The Bertz CT molecular complexity index is 814. The molecule has 0 aliphatic carbocycles. The summed E-state index contributed by atoms with van der Waals surface area (Å²) in [5, 5.41) is 7.29. The summed E-state index contributed by atoms with van der Waals surface area (Å²) in [6, 6.07) is 10.6. The minimum absolute atomic E-state index is 0.0773. The van der Waals surface area contributed by atoms with E-state index in [9.17, 15) is 9.59 Å². The van der Waals surface area contributed by atoms with Crippen LogP contribution in [0.3, 0.4) is 0 Å². The number of methoxy groups -OCH3 is 1. The Kier molecular flexibility index (Phi) is 7.58. The van der Waals surface area contributed by atoms with Crippen LogP contribution in [0.2, 0.25) is 0 Å². The maximum atomic E-state index is 12.3. The van der Waals surface area contributed by atoms with Gasteiger partial charge in [-0.2, -0.15) is 5.10 Å². The molecule has 1 heterocycles. The van der Waals surface area contributed by atoms with E-state index in [1.165, 1.54) is 10.7 Å².